The zero-order valence-corrected chi connectivity index (χ0v) is 15.4. The Balaban J connectivity index is 1.46. The predicted octanol–water partition coefficient (Wildman–Crippen LogP) is -2.74. The highest BCUT2D eigenvalue weighted by Gasteiger charge is 2.49. The van der Waals surface area contributed by atoms with Gasteiger partial charge in [0.2, 0.25) is 0 Å². The molecule has 1 aromatic heterocycles. The minimum absolute atomic E-state index is 0.0297. The van der Waals surface area contributed by atoms with Crippen LogP contribution in [0, 0.1) is 0 Å². The molecule has 28 heavy (non-hydrogen) atoms. The van der Waals surface area contributed by atoms with Gasteiger partial charge in [-0.2, -0.15) is 18.3 Å². The van der Waals surface area contributed by atoms with Crippen LogP contribution in [-0.4, -0.2) is 92.0 Å². The minimum atomic E-state index is -4.84. The van der Waals surface area contributed by atoms with Crippen LogP contribution in [-0.2, 0) is 37.3 Å². The molecule has 1 aromatic rings. The first-order valence-corrected chi connectivity index (χ1v) is 9.71. The van der Waals surface area contributed by atoms with Crippen LogP contribution in [0.5, 0.6) is 0 Å². The van der Waals surface area contributed by atoms with E-state index in [9.17, 15) is 18.0 Å². The number of fused-ring (bicyclic) bond motifs is 2. The van der Waals surface area contributed by atoms with Gasteiger partial charge in [0, 0.05) is 13.0 Å². The number of aliphatic hydroxyl groups is 1. The number of tetrazole rings is 1. The molecule has 3 amide bonds. The number of carbonyl (C=O) groups is 2. The van der Waals surface area contributed by atoms with E-state index in [4.69, 9.17) is 14.5 Å². The summed E-state index contributed by atoms with van der Waals surface area (Å²) in [6.07, 6.45) is 0.862. The van der Waals surface area contributed by atoms with E-state index in [0.29, 0.717) is 17.3 Å². The lowest BCUT2D eigenvalue weighted by Gasteiger charge is -2.28. The van der Waals surface area contributed by atoms with Crippen molar-refractivity contribution >= 4 is 22.3 Å². The Morgan fingerprint density at radius 1 is 1.36 bits per heavy atom. The molecule has 2 aliphatic heterocycles. The van der Waals surface area contributed by atoms with Crippen LogP contribution in [0.15, 0.2) is 0 Å². The summed E-state index contributed by atoms with van der Waals surface area (Å²) >= 11 is 0. The molecule has 0 aromatic carbocycles. The highest BCUT2D eigenvalue weighted by molar-refractivity contribution is 7.80. The van der Waals surface area contributed by atoms with Gasteiger partial charge < -0.3 is 10.0 Å². The number of carbonyl (C=O) groups excluding carboxylic acids is 2. The maximum absolute atomic E-state index is 12.3. The van der Waals surface area contributed by atoms with E-state index in [0.717, 1.165) is 4.90 Å². The molecule has 0 unspecified atom stereocenters. The fourth-order valence-corrected chi connectivity index (χ4v) is 3.38. The predicted molar refractivity (Wildman–Crippen MR) is 86.1 cm³/mol. The second kappa shape index (κ2) is 8.31. The van der Waals surface area contributed by atoms with E-state index < -0.39 is 34.4 Å². The lowest BCUT2D eigenvalue weighted by atomic mass is 10.0. The summed E-state index contributed by atoms with van der Waals surface area (Å²) < 4.78 is 34.8. The molecular weight excluding hydrogens is 402 g/mol. The molecule has 0 radical (unpaired) electrons. The minimum Gasteiger partial charge on any atom is -0.396 e. The topological polar surface area (TPSA) is 189 Å². The number of amides is 3. The number of nitrogens with zero attached hydrogens (tertiary/aromatic N) is 6. The first-order chi connectivity index (χ1) is 13.3. The van der Waals surface area contributed by atoms with Crippen LogP contribution < -0.4 is 5.48 Å². The van der Waals surface area contributed by atoms with Crippen LogP contribution in [0.4, 0.5) is 4.79 Å². The van der Waals surface area contributed by atoms with E-state index >= 15 is 0 Å². The molecule has 3 rings (SSSR count). The quantitative estimate of drug-likeness (QED) is 0.213. The number of piperidine rings is 1. The number of nitrogens with one attached hydrogen (secondary N) is 1. The fraction of sp³-hybridized carbons (Fsp3) is 0.750. The van der Waals surface area contributed by atoms with E-state index in [-0.39, 0.29) is 39.1 Å². The standard InChI is InChI=1S/C12H19N7O8S/c20-5-3-10-13-16-18(14-10)4-6-26-15-11(21)9-2-1-8-7-17(9)12(22)19(8)27-28(23,24)25/h8-9,20H,1-7H2,(H,15,21)(H,23,24,25)/t8-,9+/m1/s1. The fourth-order valence-electron chi connectivity index (χ4n) is 2.99. The van der Waals surface area contributed by atoms with Gasteiger partial charge in [-0.3, -0.25) is 14.2 Å². The molecule has 2 bridgehead atoms. The van der Waals surface area contributed by atoms with Crippen molar-refractivity contribution in [3.63, 3.8) is 0 Å². The zero-order valence-electron chi connectivity index (χ0n) is 14.5. The molecule has 2 aliphatic rings. The smallest absolute Gasteiger partial charge is 0.396 e. The van der Waals surface area contributed by atoms with Crippen molar-refractivity contribution in [3.05, 3.63) is 5.82 Å². The number of hydrogen-bond acceptors (Lipinski definition) is 10. The van der Waals surface area contributed by atoms with Gasteiger partial charge in [0.05, 0.1) is 25.8 Å². The number of hydrogen-bond donors (Lipinski definition) is 3. The summed E-state index contributed by atoms with van der Waals surface area (Å²) in [4.78, 5) is 32.0. The maximum Gasteiger partial charge on any atom is 0.418 e. The summed E-state index contributed by atoms with van der Waals surface area (Å²) in [5.74, 6) is -0.194. The Kier molecular flexibility index (Phi) is 6.04. The van der Waals surface area contributed by atoms with Gasteiger partial charge in [-0.25, -0.2) is 10.3 Å². The molecule has 156 valence electrons. The van der Waals surface area contributed by atoms with Gasteiger partial charge in [0.25, 0.3) is 5.91 Å². The molecular formula is C12H19N7O8S. The average molecular weight is 421 g/mol. The van der Waals surface area contributed by atoms with Gasteiger partial charge in [-0.05, 0) is 18.1 Å². The van der Waals surface area contributed by atoms with Crippen molar-refractivity contribution in [2.75, 3.05) is 19.8 Å². The molecule has 2 saturated heterocycles. The van der Waals surface area contributed by atoms with Crippen molar-refractivity contribution in [1.82, 2.24) is 35.7 Å². The van der Waals surface area contributed by atoms with Gasteiger partial charge in [0.15, 0.2) is 5.82 Å². The van der Waals surface area contributed by atoms with Crippen molar-refractivity contribution in [3.8, 4) is 0 Å². The van der Waals surface area contributed by atoms with Gasteiger partial charge in [0.1, 0.15) is 6.04 Å². The Morgan fingerprint density at radius 3 is 2.86 bits per heavy atom. The molecule has 15 nitrogen and oxygen atoms in total. The number of urea groups is 1. The summed E-state index contributed by atoms with van der Waals surface area (Å²) in [6.45, 7) is 0.220. The molecule has 16 heteroatoms. The molecule has 3 heterocycles. The van der Waals surface area contributed by atoms with Crippen molar-refractivity contribution in [1.29, 1.82) is 0 Å². The first kappa shape index (κ1) is 20.3. The lowest BCUT2D eigenvalue weighted by molar-refractivity contribution is -0.139. The highest BCUT2D eigenvalue weighted by Crippen LogP contribution is 2.30. The van der Waals surface area contributed by atoms with Crippen LogP contribution >= 0.6 is 0 Å². The third kappa shape index (κ3) is 4.71. The SMILES string of the molecule is O=C(NOCCn1nnc(CCO)n1)[C@@H]1CC[C@@H]2CN1C(=O)N2OS(=O)(=O)O. The monoisotopic (exact) mass is 421 g/mol. The summed E-state index contributed by atoms with van der Waals surface area (Å²) in [7, 11) is -4.84. The number of aliphatic hydroxyl groups excluding tert-OH is 1. The van der Waals surface area contributed by atoms with E-state index in [1.54, 1.807) is 0 Å². The lowest BCUT2D eigenvalue weighted by Crippen LogP contribution is -2.49. The molecule has 2 atom stereocenters. The largest absolute Gasteiger partial charge is 0.418 e. The molecule has 0 spiro atoms. The van der Waals surface area contributed by atoms with Crippen LogP contribution in [0.1, 0.15) is 18.7 Å². The Bertz CT molecular complexity index is 830. The van der Waals surface area contributed by atoms with Gasteiger partial charge in [-0.15, -0.1) is 14.5 Å². The maximum atomic E-state index is 12.3. The second-order valence-corrected chi connectivity index (χ2v) is 7.10. The zero-order chi connectivity index (χ0) is 20.3. The Labute approximate surface area is 159 Å². The third-order valence-electron chi connectivity index (χ3n) is 4.20. The normalized spacial score (nSPS) is 22.0. The third-order valence-corrected chi connectivity index (χ3v) is 4.54. The number of rotatable bonds is 9. The van der Waals surface area contributed by atoms with E-state index in [1.807, 2.05) is 0 Å². The van der Waals surface area contributed by atoms with Crippen LogP contribution in [0.3, 0.4) is 0 Å². The molecule has 2 fully saturated rings. The van der Waals surface area contributed by atoms with Gasteiger partial charge >= 0.3 is 16.4 Å². The number of aromatic nitrogens is 4. The Hall–Kier alpha value is -2.40. The second-order valence-electron chi connectivity index (χ2n) is 6.10. The van der Waals surface area contributed by atoms with E-state index in [1.165, 1.54) is 4.80 Å². The number of hydroxylamine groups is 3. The van der Waals surface area contributed by atoms with Crippen LogP contribution in [0.2, 0.25) is 0 Å². The van der Waals surface area contributed by atoms with Crippen molar-refractivity contribution in [2.24, 2.45) is 0 Å². The average Bonchev–Trinajstić information content (AvgIpc) is 3.17. The van der Waals surface area contributed by atoms with Gasteiger partial charge in [-0.1, -0.05) is 0 Å². The summed E-state index contributed by atoms with van der Waals surface area (Å²) in [5, 5.41) is 20.8. The molecule has 0 aliphatic carbocycles. The van der Waals surface area contributed by atoms with Crippen LogP contribution in [0.25, 0.3) is 0 Å². The van der Waals surface area contributed by atoms with Crippen molar-refractivity contribution < 1.29 is 36.8 Å². The first-order valence-electron chi connectivity index (χ1n) is 8.34. The highest BCUT2D eigenvalue weighted by atomic mass is 32.3. The van der Waals surface area contributed by atoms with E-state index in [2.05, 4.69) is 25.2 Å². The summed E-state index contributed by atoms with van der Waals surface area (Å²) in [5.41, 5.74) is 2.23. The molecule has 3 N–H and O–H groups in total. The summed E-state index contributed by atoms with van der Waals surface area (Å²) in [6, 6.07) is -2.27. The van der Waals surface area contributed by atoms with Crippen molar-refractivity contribution in [2.45, 2.75) is 37.9 Å². The molecule has 0 saturated carbocycles. The Morgan fingerprint density at radius 2 is 2.14 bits per heavy atom.